The number of rotatable bonds is 2. The summed E-state index contributed by atoms with van der Waals surface area (Å²) in [5.41, 5.74) is 0. The Morgan fingerprint density at radius 2 is 2.70 bits per heavy atom. The molecule has 0 aliphatic carbocycles. The van der Waals surface area contributed by atoms with E-state index >= 15 is 0 Å². The first-order valence-corrected chi connectivity index (χ1v) is 3.41. The van der Waals surface area contributed by atoms with Gasteiger partial charge in [0.1, 0.15) is 0 Å². The molecule has 1 rings (SSSR count). The number of nitrogens with zero attached hydrogens (tertiary/aromatic N) is 1. The van der Waals surface area contributed by atoms with Crippen LogP contribution in [0.3, 0.4) is 0 Å². The molecule has 1 N–H and O–H groups in total. The third-order valence-electron chi connectivity index (χ3n) is 1.27. The SMILES string of the molecule is CCOC(=O)C1[N]CCN1. The summed E-state index contributed by atoms with van der Waals surface area (Å²) in [6.07, 6.45) is -0.403. The van der Waals surface area contributed by atoms with Crippen LogP contribution in [0, 0.1) is 0 Å². The van der Waals surface area contributed by atoms with E-state index in [1.54, 1.807) is 6.92 Å². The molecule has 0 amide bonds. The fourth-order valence-corrected chi connectivity index (χ4v) is 0.839. The lowest BCUT2D eigenvalue weighted by Gasteiger charge is -2.06. The summed E-state index contributed by atoms with van der Waals surface area (Å²) in [6, 6.07) is 0. The minimum atomic E-state index is -0.403. The van der Waals surface area contributed by atoms with Gasteiger partial charge in [0.15, 0.2) is 6.17 Å². The van der Waals surface area contributed by atoms with Gasteiger partial charge in [0.05, 0.1) is 6.61 Å². The second-order valence-corrected chi connectivity index (χ2v) is 2.01. The topological polar surface area (TPSA) is 52.4 Å². The van der Waals surface area contributed by atoms with E-state index in [-0.39, 0.29) is 5.97 Å². The van der Waals surface area contributed by atoms with Gasteiger partial charge < -0.3 is 4.74 Å². The highest BCUT2D eigenvalue weighted by molar-refractivity contribution is 5.75. The van der Waals surface area contributed by atoms with E-state index in [1.165, 1.54) is 0 Å². The van der Waals surface area contributed by atoms with Gasteiger partial charge in [0, 0.05) is 13.1 Å². The molecule has 1 radical (unpaired) electrons. The van der Waals surface area contributed by atoms with Crippen LogP contribution in [0.2, 0.25) is 0 Å². The Morgan fingerprint density at radius 3 is 3.20 bits per heavy atom. The van der Waals surface area contributed by atoms with Gasteiger partial charge in [0.25, 0.3) is 0 Å². The summed E-state index contributed by atoms with van der Waals surface area (Å²) in [6.45, 7) is 3.70. The van der Waals surface area contributed by atoms with Crippen LogP contribution in [0.5, 0.6) is 0 Å². The summed E-state index contributed by atoms with van der Waals surface area (Å²) < 4.78 is 4.73. The Labute approximate surface area is 59.9 Å². The van der Waals surface area contributed by atoms with Crippen molar-refractivity contribution >= 4 is 5.97 Å². The number of nitrogens with one attached hydrogen (secondary N) is 1. The van der Waals surface area contributed by atoms with Crippen molar-refractivity contribution in [3.8, 4) is 0 Å². The van der Waals surface area contributed by atoms with Gasteiger partial charge in [-0.25, -0.2) is 10.1 Å². The van der Waals surface area contributed by atoms with Crippen molar-refractivity contribution in [1.82, 2.24) is 10.6 Å². The van der Waals surface area contributed by atoms with E-state index in [0.29, 0.717) is 13.2 Å². The van der Waals surface area contributed by atoms with Gasteiger partial charge in [-0.05, 0) is 6.92 Å². The molecule has 0 bridgehead atoms. The van der Waals surface area contributed by atoms with E-state index in [1.807, 2.05) is 0 Å². The predicted octanol–water partition coefficient (Wildman–Crippen LogP) is -0.917. The van der Waals surface area contributed by atoms with Crippen molar-refractivity contribution in [2.75, 3.05) is 19.7 Å². The van der Waals surface area contributed by atoms with Crippen molar-refractivity contribution in [3.63, 3.8) is 0 Å². The third-order valence-corrected chi connectivity index (χ3v) is 1.27. The zero-order valence-electron chi connectivity index (χ0n) is 5.96. The van der Waals surface area contributed by atoms with Crippen LogP contribution in [-0.2, 0) is 9.53 Å². The van der Waals surface area contributed by atoms with Crippen LogP contribution < -0.4 is 10.6 Å². The van der Waals surface area contributed by atoms with E-state index in [4.69, 9.17) is 4.74 Å². The maximum Gasteiger partial charge on any atom is 0.339 e. The highest BCUT2D eigenvalue weighted by atomic mass is 16.5. The summed E-state index contributed by atoms with van der Waals surface area (Å²) in [7, 11) is 0. The zero-order valence-corrected chi connectivity index (χ0v) is 5.96. The summed E-state index contributed by atoms with van der Waals surface area (Å²) in [5, 5.41) is 6.87. The molecule has 1 atom stereocenters. The smallest absolute Gasteiger partial charge is 0.339 e. The Balaban J connectivity index is 2.25. The maximum absolute atomic E-state index is 10.9. The monoisotopic (exact) mass is 143 g/mol. The standard InChI is InChI=1S/C6H11N2O2/c1-2-10-6(9)5-7-3-4-8-5/h5,7H,2-4H2,1H3. The molecule has 1 aliphatic heterocycles. The number of hydrogen-bond acceptors (Lipinski definition) is 3. The Bertz CT molecular complexity index is 121. The molecule has 4 nitrogen and oxygen atoms in total. The first kappa shape index (κ1) is 7.50. The first-order chi connectivity index (χ1) is 4.84. The molecule has 0 spiro atoms. The summed E-state index contributed by atoms with van der Waals surface area (Å²) in [4.78, 5) is 10.9. The molecule has 0 aromatic rings. The van der Waals surface area contributed by atoms with Gasteiger partial charge in [-0.3, -0.25) is 5.32 Å². The molecule has 1 heterocycles. The lowest BCUT2D eigenvalue weighted by atomic mass is 10.5. The molecule has 57 valence electrons. The number of ether oxygens (including phenoxy) is 1. The fourth-order valence-electron chi connectivity index (χ4n) is 0.839. The van der Waals surface area contributed by atoms with Crippen molar-refractivity contribution in [1.29, 1.82) is 0 Å². The van der Waals surface area contributed by atoms with Gasteiger partial charge in [-0.1, -0.05) is 0 Å². The summed E-state index contributed by atoms with van der Waals surface area (Å²) in [5.74, 6) is -0.264. The molecular formula is C6H11N2O2. The highest BCUT2D eigenvalue weighted by Crippen LogP contribution is 1.91. The number of hydrogen-bond donors (Lipinski definition) is 1. The minimum absolute atomic E-state index is 0.264. The molecule has 0 saturated carbocycles. The molecule has 4 heteroatoms. The average Bonchev–Trinajstić information content (AvgIpc) is 2.38. The van der Waals surface area contributed by atoms with E-state index in [9.17, 15) is 4.79 Å². The molecule has 0 aromatic heterocycles. The Morgan fingerprint density at radius 1 is 1.90 bits per heavy atom. The van der Waals surface area contributed by atoms with Crippen LogP contribution in [0.1, 0.15) is 6.92 Å². The highest BCUT2D eigenvalue weighted by Gasteiger charge is 2.23. The van der Waals surface area contributed by atoms with Crippen LogP contribution in [0.15, 0.2) is 0 Å². The lowest BCUT2D eigenvalue weighted by molar-refractivity contribution is -0.145. The summed E-state index contributed by atoms with van der Waals surface area (Å²) >= 11 is 0. The van der Waals surface area contributed by atoms with Crippen LogP contribution in [0.25, 0.3) is 0 Å². The van der Waals surface area contributed by atoms with Gasteiger partial charge in [-0.2, -0.15) is 0 Å². The third kappa shape index (κ3) is 1.68. The Kier molecular flexibility index (Phi) is 2.65. The Hall–Kier alpha value is -0.610. The second kappa shape index (κ2) is 3.53. The zero-order chi connectivity index (χ0) is 7.40. The first-order valence-electron chi connectivity index (χ1n) is 3.41. The van der Waals surface area contributed by atoms with Gasteiger partial charge >= 0.3 is 5.97 Å². The fraction of sp³-hybridized carbons (Fsp3) is 0.833. The molecule has 1 fully saturated rings. The van der Waals surface area contributed by atoms with Crippen LogP contribution >= 0.6 is 0 Å². The molecule has 1 saturated heterocycles. The van der Waals surface area contributed by atoms with E-state index in [0.717, 1.165) is 6.54 Å². The average molecular weight is 143 g/mol. The maximum atomic E-state index is 10.9. The quantitative estimate of drug-likeness (QED) is 0.509. The molecule has 1 unspecified atom stereocenters. The van der Waals surface area contributed by atoms with Crippen molar-refractivity contribution in [3.05, 3.63) is 0 Å². The number of carbonyl (C=O) groups is 1. The van der Waals surface area contributed by atoms with E-state index in [2.05, 4.69) is 10.6 Å². The van der Waals surface area contributed by atoms with E-state index < -0.39 is 6.17 Å². The molecule has 1 aliphatic rings. The van der Waals surface area contributed by atoms with Crippen molar-refractivity contribution < 1.29 is 9.53 Å². The van der Waals surface area contributed by atoms with Crippen LogP contribution in [-0.4, -0.2) is 31.8 Å². The van der Waals surface area contributed by atoms with Gasteiger partial charge in [0.2, 0.25) is 0 Å². The van der Waals surface area contributed by atoms with Crippen molar-refractivity contribution in [2.24, 2.45) is 0 Å². The molecular weight excluding hydrogens is 132 g/mol. The largest absolute Gasteiger partial charge is 0.464 e. The number of esters is 1. The second-order valence-electron chi connectivity index (χ2n) is 2.01. The normalized spacial score (nSPS) is 19.3. The van der Waals surface area contributed by atoms with Crippen molar-refractivity contribution in [2.45, 2.75) is 13.1 Å². The predicted molar refractivity (Wildman–Crippen MR) is 35.4 cm³/mol. The minimum Gasteiger partial charge on any atom is -0.464 e. The lowest BCUT2D eigenvalue weighted by Crippen LogP contribution is -2.37. The molecule has 0 aromatic carbocycles. The number of carbonyl (C=O) groups excluding carboxylic acids is 1. The molecule has 10 heavy (non-hydrogen) atoms. The van der Waals surface area contributed by atoms with Gasteiger partial charge in [-0.15, -0.1) is 0 Å². The van der Waals surface area contributed by atoms with Crippen LogP contribution in [0.4, 0.5) is 0 Å².